The van der Waals surface area contributed by atoms with E-state index in [0.717, 1.165) is 33.2 Å². The highest BCUT2D eigenvalue weighted by Crippen LogP contribution is 2.39. The molecular formula is C31H34N8O3. The smallest absolute Gasteiger partial charge is 0.306 e. The molecule has 11 nitrogen and oxygen atoms in total. The summed E-state index contributed by atoms with van der Waals surface area (Å²) in [5.41, 5.74) is 11.5. The largest absolute Gasteiger partial charge is 0.471 e. The summed E-state index contributed by atoms with van der Waals surface area (Å²) < 4.78 is 13.1. The van der Waals surface area contributed by atoms with Gasteiger partial charge in [0.2, 0.25) is 11.7 Å². The lowest BCUT2D eigenvalue weighted by atomic mass is 9.96. The zero-order chi connectivity index (χ0) is 29.2. The van der Waals surface area contributed by atoms with Crippen molar-refractivity contribution in [2.45, 2.75) is 65.5 Å². The summed E-state index contributed by atoms with van der Waals surface area (Å²) in [4.78, 5) is 34.6. The Hall–Kier alpha value is -4.80. The highest BCUT2D eigenvalue weighted by molar-refractivity contribution is 5.94. The van der Waals surface area contributed by atoms with Gasteiger partial charge in [-0.1, -0.05) is 0 Å². The number of pyridine rings is 1. The fraction of sp³-hybridized carbons (Fsp3) is 0.355. The van der Waals surface area contributed by atoms with E-state index in [-0.39, 0.29) is 19.0 Å². The van der Waals surface area contributed by atoms with E-state index in [0.29, 0.717) is 54.6 Å². The molecule has 1 saturated carbocycles. The molecule has 0 saturated heterocycles. The van der Waals surface area contributed by atoms with Crippen LogP contribution >= 0.6 is 0 Å². The number of benzene rings is 1. The quantitative estimate of drug-likeness (QED) is 0.213. The van der Waals surface area contributed by atoms with E-state index in [1.54, 1.807) is 19.2 Å². The second-order valence-corrected chi connectivity index (χ2v) is 10.6. The number of nitrogens with two attached hydrogens (primary N) is 1. The van der Waals surface area contributed by atoms with Crippen LogP contribution < -0.4 is 15.8 Å². The van der Waals surface area contributed by atoms with E-state index in [1.165, 1.54) is 18.4 Å². The molecule has 1 aliphatic carbocycles. The Bertz CT molecular complexity index is 1780. The number of nitrogens with one attached hydrogen (secondary N) is 1. The van der Waals surface area contributed by atoms with Crippen molar-refractivity contribution in [1.29, 1.82) is 0 Å². The SMILES string of the molecule is CCOC(=O)CCc1nc(NCc2c(C)cc3c(N)nccc3c2C)cc(OCc2cn3cc(C4CC4)cnc3n2)n1. The average Bonchev–Trinajstić information content (AvgIpc) is 3.75. The second-order valence-electron chi connectivity index (χ2n) is 10.6. The minimum absolute atomic E-state index is 0.177. The molecule has 0 spiro atoms. The number of hydrogen-bond acceptors (Lipinski definition) is 10. The Labute approximate surface area is 243 Å². The molecule has 6 rings (SSSR count). The number of hydrogen-bond donors (Lipinski definition) is 2. The van der Waals surface area contributed by atoms with Gasteiger partial charge in [0, 0.05) is 49.2 Å². The lowest BCUT2D eigenvalue weighted by Gasteiger charge is -2.16. The van der Waals surface area contributed by atoms with E-state index in [9.17, 15) is 4.79 Å². The van der Waals surface area contributed by atoms with Crippen molar-refractivity contribution >= 4 is 34.2 Å². The Morgan fingerprint density at radius 1 is 1.12 bits per heavy atom. The maximum atomic E-state index is 12.0. The summed E-state index contributed by atoms with van der Waals surface area (Å²) in [6.45, 7) is 7.01. The van der Waals surface area contributed by atoms with E-state index >= 15 is 0 Å². The predicted octanol–water partition coefficient (Wildman–Crippen LogP) is 4.83. The third-order valence-electron chi connectivity index (χ3n) is 7.56. The molecule has 0 radical (unpaired) electrons. The van der Waals surface area contributed by atoms with Crippen LogP contribution in [-0.4, -0.2) is 41.9 Å². The summed E-state index contributed by atoms with van der Waals surface area (Å²) in [5.74, 6) is 2.95. The summed E-state index contributed by atoms with van der Waals surface area (Å²) >= 11 is 0. The molecule has 3 N–H and O–H groups in total. The van der Waals surface area contributed by atoms with Crippen molar-refractivity contribution in [3.63, 3.8) is 0 Å². The summed E-state index contributed by atoms with van der Waals surface area (Å²) in [7, 11) is 0. The first-order valence-corrected chi connectivity index (χ1v) is 14.2. The summed E-state index contributed by atoms with van der Waals surface area (Å²) in [5, 5.41) is 5.45. The van der Waals surface area contributed by atoms with Crippen molar-refractivity contribution in [3.05, 3.63) is 76.8 Å². The Morgan fingerprint density at radius 3 is 2.79 bits per heavy atom. The lowest BCUT2D eigenvalue weighted by molar-refractivity contribution is -0.143. The number of rotatable bonds is 11. The predicted molar refractivity (Wildman–Crippen MR) is 159 cm³/mol. The number of aromatic nitrogens is 6. The maximum Gasteiger partial charge on any atom is 0.306 e. The molecule has 1 aliphatic rings. The average molecular weight is 567 g/mol. The Morgan fingerprint density at radius 2 is 1.98 bits per heavy atom. The topological polar surface area (TPSA) is 142 Å². The zero-order valence-corrected chi connectivity index (χ0v) is 24.1. The van der Waals surface area contributed by atoms with Crippen LogP contribution in [0, 0.1) is 13.8 Å². The third-order valence-corrected chi connectivity index (χ3v) is 7.56. The number of ether oxygens (including phenoxy) is 2. The van der Waals surface area contributed by atoms with Gasteiger partial charge < -0.3 is 20.5 Å². The van der Waals surface area contributed by atoms with Gasteiger partial charge in [0.1, 0.15) is 24.1 Å². The number of aryl methyl sites for hydroxylation is 3. The van der Waals surface area contributed by atoms with Crippen molar-refractivity contribution in [2.75, 3.05) is 17.7 Å². The van der Waals surface area contributed by atoms with E-state index in [1.807, 2.05) is 22.9 Å². The van der Waals surface area contributed by atoms with Crippen LogP contribution in [0.15, 0.2) is 43.0 Å². The first-order valence-electron chi connectivity index (χ1n) is 14.2. The molecule has 5 aromatic rings. The molecule has 0 aliphatic heterocycles. The minimum Gasteiger partial charge on any atom is -0.471 e. The van der Waals surface area contributed by atoms with E-state index in [2.05, 4.69) is 56.3 Å². The highest BCUT2D eigenvalue weighted by Gasteiger charge is 2.24. The highest BCUT2D eigenvalue weighted by atomic mass is 16.5. The fourth-order valence-corrected chi connectivity index (χ4v) is 5.17. The Balaban J connectivity index is 1.22. The number of esters is 1. The first kappa shape index (κ1) is 27.4. The van der Waals surface area contributed by atoms with Crippen LogP contribution in [0.5, 0.6) is 5.88 Å². The molecule has 11 heteroatoms. The molecular weight excluding hydrogens is 532 g/mol. The molecule has 42 heavy (non-hydrogen) atoms. The van der Waals surface area contributed by atoms with Crippen LogP contribution in [0.25, 0.3) is 16.6 Å². The normalized spacial score (nSPS) is 13.0. The molecule has 4 heterocycles. The van der Waals surface area contributed by atoms with Crippen molar-refractivity contribution < 1.29 is 14.3 Å². The van der Waals surface area contributed by atoms with Crippen molar-refractivity contribution in [2.24, 2.45) is 0 Å². The van der Waals surface area contributed by atoms with Crippen LogP contribution in [-0.2, 0) is 29.1 Å². The van der Waals surface area contributed by atoms with E-state index in [4.69, 9.17) is 15.2 Å². The molecule has 0 bridgehead atoms. The minimum atomic E-state index is -0.291. The van der Waals surface area contributed by atoms with Gasteiger partial charge in [0.15, 0.2) is 0 Å². The van der Waals surface area contributed by atoms with Crippen LogP contribution in [0.3, 0.4) is 0 Å². The first-order chi connectivity index (χ1) is 20.4. The van der Waals surface area contributed by atoms with Crippen molar-refractivity contribution in [3.8, 4) is 5.88 Å². The standard InChI is InChI=1S/C31H34N8O3/c1-4-41-29(40)8-7-26-37-27(34-14-25-18(2)11-24-23(19(25)3)9-10-33-30(24)32)12-28(38-26)42-17-22-16-39-15-21(20-5-6-20)13-35-31(39)36-22/h9-13,15-16,20H,4-8,14,17H2,1-3H3,(H2,32,33)(H,34,37,38). The number of fused-ring (bicyclic) bond motifs is 2. The van der Waals surface area contributed by atoms with Crippen molar-refractivity contribution in [1.82, 2.24) is 29.3 Å². The van der Waals surface area contributed by atoms with Gasteiger partial charge in [-0.05, 0) is 79.3 Å². The van der Waals surface area contributed by atoms with Crippen LogP contribution in [0.2, 0.25) is 0 Å². The van der Waals surface area contributed by atoms with Crippen LogP contribution in [0.1, 0.15) is 65.9 Å². The molecule has 1 aromatic carbocycles. The number of carbonyl (C=O) groups excluding carboxylic acids is 1. The van der Waals surface area contributed by atoms with Crippen LogP contribution in [0.4, 0.5) is 11.6 Å². The number of nitrogens with zero attached hydrogens (tertiary/aromatic N) is 6. The fourth-order valence-electron chi connectivity index (χ4n) is 5.17. The molecule has 1 fully saturated rings. The molecule has 0 unspecified atom stereocenters. The number of imidazole rings is 1. The van der Waals surface area contributed by atoms with Gasteiger partial charge in [-0.2, -0.15) is 4.98 Å². The molecule has 0 amide bonds. The van der Waals surface area contributed by atoms with Gasteiger partial charge >= 0.3 is 5.97 Å². The van der Waals surface area contributed by atoms with Gasteiger partial charge in [-0.25, -0.2) is 19.9 Å². The van der Waals surface area contributed by atoms with Gasteiger partial charge in [-0.15, -0.1) is 0 Å². The number of anilines is 2. The summed E-state index contributed by atoms with van der Waals surface area (Å²) in [6.07, 6.45) is 10.6. The Kier molecular flexibility index (Phi) is 7.56. The number of carbonyl (C=O) groups is 1. The third kappa shape index (κ3) is 5.95. The lowest BCUT2D eigenvalue weighted by Crippen LogP contribution is -2.11. The van der Waals surface area contributed by atoms with Gasteiger partial charge in [0.25, 0.3) is 0 Å². The second kappa shape index (κ2) is 11.6. The molecule has 4 aromatic heterocycles. The molecule has 0 atom stereocenters. The molecule has 216 valence electrons. The number of nitrogen functional groups attached to an aromatic ring is 1. The maximum absolute atomic E-state index is 12.0. The van der Waals surface area contributed by atoms with Gasteiger partial charge in [0.05, 0.1) is 18.7 Å². The summed E-state index contributed by atoms with van der Waals surface area (Å²) in [6, 6.07) is 5.81. The zero-order valence-electron chi connectivity index (χ0n) is 24.1. The monoisotopic (exact) mass is 566 g/mol. The van der Waals surface area contributed by atoms with Gasteiger partial charge in [-0.3, -0.25) is 9.20 Å². The van der Waals surface area contributed by atoms with E-state index < -0.39 is 0 Å².